The highest BCUT2D eigenvalue weighted by Gasteiger charge is 2.34. The highest BCUT2D eigenvalue weighted by molar-refractivity contribution is 5.95. The zero-order valence-electron chi connectivity index (χ0n) is 9.95. The van der Waals surface area contributed by atoms with Gasteiger partial charge in [0.15, 0.2) is 5.82 Å². The minimum atomic E-state index is 0.114. The normalized spacial score (nSPS) is 27.1. The lowest BCUT2D eigenvalue weighted by Crippen LogP contribution is -2.40. The second-order valence-corrected chi connectivity index (χ2v) is 4.74. The number of nitrogens with zero attached hydrogens (tertiary/aromatic N) is 4. The minimum Gasteiger partial charge on any atom is -0.307 e. The van der Waals surface area contributed by atoms with Crippen molar-refractivity contribution in [3.63, 3.8) is 0 Å². The van der Waals surface area contributed by atoms with Crippen molar-refractivity contribution < 1.29 is 4.79 Å². The third-order valence-electron chi connectivity index (χ3n) is 3.65. The zero-order chi connectivity index (χ0) is 12.5. The number of pyridine rings is 1. The molecule has 3 aliphatic heterocycles. The van der Waals surface area contributed by atoms with Crippen LogP contribution in [-0.4, -0.2) is 41.5 Å². The fraction of sp³-hybridized carbons (Fsp3) is 0.500. The van der Waals surface area contributed by atoms with E-state index in [0.29, 0.717) is 6.54 Å². The Morgan fingerprint density at radius 2 is 2.06 bits per heavy atom. The van der Waals surface area contributed by atoms with E-state index >= 15 is 0 Å². The van der Waals surface area contributed by atoms with E-state index in [0.717, 1.165) is 31.6 Å². The molecule has 3 saturated heterocycles. The van der Waals surface area contributed by atoms with Crippen LogP contribution in [0, 0.1) is 4.91 Å². The molecule has 1 aromatic rings. The molecule has 0 aromatic carbocycles. The van der Waals surface area contributed by atoms with Gasteiger partial charge in [0.25, 0.3) is 0 Å². The van der Waals surface area contributed by atoms with E-state index in [-0.39, 0.29) is 17.8 Å². The molecule has 6 heteroatoms. The molecule has 0 radical (unpaired) electrons. The first-order valence-corrected chi connectivity index (χ1v) is 6.12. The summed E-state index contributed by atoms with van der Waals surface area (Å²) in [5.74, 6) is 0.262. The Hall–Kier alpha value is -1.82. The highest BCUT2D eigenvalue weighted by atomic mass is 16.3. The maximum Gasteiger partial charge on any atom is 0.241 e. The summed E-state index contributed by atoms with van der Waals surface area (Å²) in [6, 6.07) is 3.55. The van der Waals surface area contributed by atoms with Gasteiger partial charge in [-0.1, -0.05) is 0 Å². The van der Waals surface area contributed by atoms with Crippen molar-refractivity contribution in [3.8, 4) is 0 Å². The predicted molar refractivity (Wildman–Crippen MR) is 66.6 cm³/mol. The van der Waals surface area contributed by atoms with Gasteiger partial charge in [0.1, 0.15) is 0 Å². The van der Waals surface area contributed by atoms with Gasteiger partial charge in [-0.15, -0.1) is 4.91 Å². The van der Waals surface area contributed by atoms with E-state index in [9.17, 15) is 9.70 Å². The lowest BCUT2D eigenvalue weighted by Gasteiger charge is -2.31. The van der Waals surface area contributed by atoms with Gasteiger partial charge in [-0.3, -0.25) is 9.69 Å². The Morgan fingerprint density at radius 3 is 2.67 bits per heavy atom. The lowest BCUT2D eigenvalue weighted by atomic mass is 10.0. The zero-order valence-corrected chi connectivity index (χ0v) is 9.95. The number of hydrogen-bond donors (Lipinski definition) is 0. The second kappa shape index (κ2) is 4.45. The number of aromatic nitrogens is 1. The van der Waals surface area contributed by atoms with Gasteiger partial charge in [0.2, 0.25) is 5.91 Å². The SMILES string of the molecule is O=Nc1ccc(N2C(=O)CN3CCC2CC3)cn1. The Labute approximate surface area is 105 Å². The van der Waals surface area contributed by atoms with Crippen LogP contribution in [0.4, 0.5) is 11.5 Å². The monoisotopic (exact) mass is 246 g/mol. The first-order valence-electron chi connectivity index (χ1n) is 6.12. The van der Waals surface area contributed by atoms with Gasteiger partial charge in [-0.05, 0) is 30.2 Å². The van der Waals surface area contributed by atoms with Crippen molar-refractivity contribution in [3.05, 3.63) is 23.2 Å². The van der Waals surface area contributed by atoms with Crippen LogP contribution in [0.1, 0.15) is 12.8 Å². The minimum absolute atomic E-state index is 0.114. The molecule has 0 saturated carbocycles. The molecule has 18 heavy (non-hydrogen) atoms. The maximum absolute atomic E-state index is 12.2. The number of piperidine rings is 1. The number of hydrogen-bond acceptors (Lipinski definition) is 5. The van der Waals surface area contributed by atoms with Crippen molar-refractivity contribution in [1.82, 2.24) is 9.88 Å². The van der Waals surface area contributed by atoms with E-state index in [4.69, 9.17) is 0 Å². The molecule has 2 bridgehead atoms. The van der Waals surface area contributed by atoms with Crippen LogP contribution in [-0.2, 0) is 4.79 Å². The topological polar surface area (TPSA) is 65.9 Å². The summed E-state index contributed by atoms with van der Waals surface area (Å²) in [4.78, 5) is 30.5. The summed E-state index contributed by atoms with van der Waals surface area (Å²) in [7, 11) is 0. The number of carbonyl (C=O) groups excluding carboxylic acids is 1. The van der Waals surface area contributed by atoms with Crippen molar-refractivity contribution in [2.45, 2.75) is 18.9 Å². The summed E-state index contributed by atoms with van der Waals surface area (Å²) in [6.45, 7) is 2.44. The van der Waals surface area contributed by atoms with E-state index in [1.807, 2.05) is 4.90 Å². The third-order valence-corrected chi connectivity index (χ3v) is 3.65. The summed E-state index contributed by atoms with van der Waals surface area (Å²) < 4.78 is 0. The molecule has 0 atom stereocenters. The van der Waals surface area contributed by atoms with Gasteiger partial charge < -0.3 is 4.90 Å². The van der Waals surface area contributed by atoms with Gasteiger partial charge in [-0.25, -0.2) is 4.98 Å². The molecule has 0 aliphatic carbocycles. The van der Waals surface area contributed by atoms with Gasteiger partial charge >= 0.3 is 0 Å². The molecule has 4 rings (SSSR count). The molecule has 0 unspecified atom stereocenters. The molecule has 3 fully saturated rings. The van der Waals surface area contributed by atoms with Gasteiger partial charge in [-0.2, -0.15) is 0 Å². The molecular formula is C12H14N4O2. The first-order chi connectivity index (χ1) is 8.78. The Morgan fingerprint density at radius 1 is 1.28 bits per heavy atom. The van der Waals surface area contributed by atoms with Crippen molar-refractivity contribution in [2.75, 3.05) is 24.5 Å². The molecule has 4 heterocycles. The predicted octanol–water partition coefficient (Wildman–Crippen LogP) is 1.29. The van der Waals surface area contributed by atoms with E-state index < -0.39 is 0 Å². The fourth-order valence-electron chi connectivity index (χ4n) is 2.74. The summed E-state index contributed by atoms with van der Waals surface area (Å²) in [5, 5.41) is 2.77. The van der Waals surface area contributed by atoms with E-state index in [1.165, 1.54) is 0 Å². The van der Waals surface area contributed by atoms with E-state index in [2.05, 4.69) is 15.1 Å². The summed E-state index contributed by atoms with van der Waals surface area (Å²) in [5.41, 5.74) is 0.765. The third kappa shape index (κ3) is 1.88. The largest absolute Gasteiger partial charge is 0.307 e. The van der Waals surface area contributed by atoms with Crippen molar-refractivity contribution in [2.24, 2.45) is 5.18 Å². The molecule has 94 valence electrons. The van der Waals surface area contributed by atoms with Gasteiger partial charge in [0.05, 0.1) is 18.4 Å². The highest BCUT2D eigenvalue weighted by Crippen LogP contribution is 2.27. The number of rotatable bonds is 2. The summed E-state index contributed by atoms with van der Waals surface area (Å²) in [6.07, 6.45) is 3.56. The average molecular weight is 246 g/mol. The van der Waals surface area contributed by atoms with Gasteiger partial charge in [0, 0.05) is 19.1 Å². The van der Waals surface area contributed by atoms with Crippen LogP contribution < -0.4 is 4.90 Å². The molecule has 0 N–H and O–H groups in total. The second-order valence-electron chi connectivity index (χ2n) is 4.74. The number of carbonyl (C=O) groups is 1. The van der Waals surface area contributed by atoms with E-state index in [1.54, 1.807) is 18.3 Å². The van der Waals surface area contributed by atoms with Crippen LogP contribution in [0.3, 0.4) is 0 Å². The summed E-state index contributed by atoms with van der Waals surface area (Å²) >= 11 is 0. The van der Waals surface area contributed by atoms with Crippen LogP contribution >= 0.6 is 0 Å². The van der Waals surface area contributed by atoms with Crippen LogP contribution in [0.25, 0.3) is 0 Å². The molecule has 1 amide bonds. The smallest absolute Gasteiger partial charge is 0.241 e. The fourth-order valence-corrected chi connectivity index (χ4v) is 2.74. The number of amides is 1. The molecule has 6 nitrogen and oxygen atoms in total. The maximum atomic E-state index is 12.2. The van der Waals surface area contributed by atoms with Crippen LogP contribution in [0.5, 0.6) is 0 Å². The quantitative estimate of drug-likeness (QED) is 0.737. The standard InChI is InChI=1S/C12H14N4O2/c17-12-8-15-5-3-9(4-6-15)16(12)10-1-2-11(14-18)13-7-10/h1-2,7,9H,3-6,8H2. The molecular weight excluding hydrogens is 232 g/mol. The Kier molecular flexibility index (Phi) is 2.79. The molecule has 1 aromatic heterocycles. The first kappa shape index (κ1) is 11.3. The number of anilines is 1. The average Bonchev–Trinajstić information content (AvgIpc) is 2.66. The number of nitroso groups, excluding NO2 is 1. The number of fused-ring (bicyclic) bond motifs is 4. The van der Waals surface area contributed by atoms with Crippen molar-refractivity contribution >= 4 is 17.4 Å². The van der Waals surface area contributed by atoms with Crippen molar-refractivity contribution in [1.29, 1.82) is 0 Å². The lowest BCUT2D eigenvalue weighted by molar-refractivity contribution is -0.118. The molecule has 3 aliphatic rings. The molecule has 0 spiro atoms. The van der Waals surface area contributed by atoms with Crippen LogP contribution in [0.15, 0.2) is 23.5 Å². The Balaban J connectivity index is 1.92. The Bertz CT molecular complexity index is 465. The van der Waals surface area contributed by atoms with Crippen LogP contribution in [0.2, 0.25) is 0 Å².